The van der Waals surface area contributed by atoms with Crippen molar-refractivity contribution in [2.45, 2.75) is 31.1 Å². The second kappa shape index (κ2) is 5.33. The smallest absolute Gasteiger partial charge is 0.124 e. The maximum absolute atomic E-state index is 12.9. The third kappa shape index (κ3) is 3.08. The van der Waals surface area contributed by atoms with Crippen LogP contribution < -0.4 is 0 Å². The maximum atomic E-state index is 12.9. The molecule has 1 aliphatic carbocycles. The molecule has 0 saturated heterocycles. The summed E-state index contributed by atoms with van der Waals surface area (Å²) in [5.41, 5.74) is 2.48. The second-order valence-corrected chi connectivity index (χ2v) is 5.56. The highest BCUT2D eigenvalue weighted by Crippen LogP contribution is 2.27. The topological polar surface area (TPSA) is 0 Å². The average Bonchev–Trinajstić information content (AvgIpc) is 2.22. The molecule has 0 aromatic heterocycles. The molecular formula is C13H13BrClF. The molecule has 0 heterocycles. The van der Waals surface area contributed by atoms with Crippen LogP contribution >= 0.6 is 27.5 Å². The van der Waals surface area contributed by atoms with Crippen molar-refractivity contribution in [2.24, 2.45) is 0 Å². The van der Waals surface area contributed by atoms with Crippen LogP contribution in [0.2, 0.25) is 0 Å². The van der Waals surface area contributed by atoms with Gasteiger partial charge in [-0.1, -0.05) is 33.6 Å². The molecule has 1 atom stereocenters. The molecule has 2 rings (SSSR count). The molecule has 0 saturated carbocycles. The highest BCUT2D eigenvalue weighted by Gasteiger charge is 2.12. The molecule has 0 aliphatic heterocycles. The average molecular weight is 304 g/mol. The summed E-state index contributed by atoms with van der Waals surface area (Å²) in [4.78, 5) is 0. The Morgan fingerprint density at radius 2 is 2.25 bits per heavy atom. The van der Waals surface area contributed by atoms with Crippen molar-refractivity contribution in [3.8, 4) is 0 Å². The van der Waals surface area contributed by atoms with Crippen molar-refractivity contribution >= 4 is 27.5 Å². The molecule has 86 valence electrons. The molecule has 0 N–H and O–H groups in total. The van der Waals surface area contributed by atoms with Crippen LogP contribution in [0.3, 0.4) is 0 Å². The van der Waals surface area contributed by atoms with E-state index >= 15 is 0 Å². The van der Waals surface area contributed by atoms with Crippen molar-refractivity contribution < 1.29 is 4.39 Å². The SMILES string of the molecule is Fc1ccc(CC2=CC(Cl)CCC2)c(Br)c1. The Bertz CT molecular complexity index is 414. The predicted molar refractivity (Wildman–Crippen MR) is 69.4 cm³/mol. The third-order valence-electron chi connectivity index (χ3n) is 2.83. The summed E-state index contributed by atoms with van der Waals surface area (Å²) < 4.78 is 13.8. The summed E-state index contributed by atoms with van der Waals surface area (Å²) in [7, 11) is 0. The maximum Gasteiger partial charge on any atom is 0.124 e. The highest BCUT2D eigenvalue weighted by atomic mass is 79.9. The Morgan fingerprint density at radius 3 is 2.94 bits per heavy atom. The van der Waals surface area contributed by atoms with Crippen molar-refractivity contribution in [3.63, 3.8) is 0 Å². The number of hydrogen-bond acceptors (Lipinski definition) is 0. The fourth-order valence-corrected chi connectivity index (χ4v) is 2.83. The van der Waals surface area contributed by atoms with E-state index < -0.39 is 0 Å². The molecule has 0 amide bonds. The van der Waals surface area contributed by atoms with Gasteiger partial charge < -0.3 is 0 Å². The zero-order valence-corrected chi connectivity index (χ0v) is 11.2. The van der Waals surface area contributed by atoms with Gasteiger partial charge in [-0.2, -0.15) is 0 Å². The Balaban J connectivity index is 2.14. The minimum absolute atomic E-state index is 0.169. The van der Waals surface area contributed by atoms with E-state index in [4.69, 9.17) is 11.6 Å². The normalized spacial score (nSPS) is 20.7. The van der Waals surface area contributed by atoms with Crippen molar-refractivity contribution in [3.05, 3.63) is 45.7 Å². The molecule has 3 heteroatoms. The Hall–Kier alpha value is -0.340. The Kier molecular flexibility index (Phi) is 4.04. The Labute approximate surface area is 109 Å². The number of rotatable bonds is 2. The minimum atomic E-state index is -0.205. The predicted octanol–water partition coefficient (Wildman–Crippen LogP) is 4.85. The quantitative estimate of drug-likeness (QED) is 0.541. The van der Waals surface area contributed by atoms with Crippen LogP contribution in [0.5, 0.6) is 0 Å². The van der Waals surface area contributed by atoms with Gasteiger partial charge in [0.25, 0.3) is 0 Å². The van der Waals surface area contributed by atoms with Crippen LogP contribution in [-0.2, 0) is 6.42 Å². The summed E-state index contributed by atoms with van der Waals surface area (Å²) >= 11 is 9.48. The Morgan fingerprint density at radius 1 is 1.44 bits per heavy atom. The fourth-order valence-electron chi connectivity index (χ4n) is 2.00. The van der Waals surface area contributed by atoms with Gasteiger partial charge in [0.15, 0.2) is 0 Å². The van der Waals surface area contributed by atoms with E-state index in [1.807, 2.05) is 6.07 Å². The van der Waals surface area contributed by atoms with Crippen LogP contribution in [0.4, 0.5) is 4.39 Å². The molecule has 16 heavy (non-hydrogen) atoms. The molecular weight excluding hydrogens is 290 g/mol. The highest BCUT2D eigenvalue weighted by molar-refractivity contribution is 9.10. The second-order valence-electron chi connectivity index (χ2n) is 4.15. The van der Waals surface area contributed by atoms with Gasteiger partial charge in [-0.3, -0.25) is 0 Å². The van der Waals surface area contributed by atoms with Gasteiger partial charge in [0.05, 0.1) is 5.38 Å². The van der Waals surface area contributed by atoms with E-state index in [0.717, 1.165) is 35.7 Å². The van der Waals surface area contributed by atoms with Crippen molar-refractivity contribution in [2.75, 3.05) is 0 Å². The largest absolute Gasteiger partial charge is 0.207 e. The lowest BCUT2D eigenvalue weighted by atomic mass is 9.94. The molecule has 1 aromatic rings. The molecule has 0 bridgehead atoms. The molecule has 1 unspecified atom stereocenters. The summed E-state index contributed by atoms with van der Waals surface area (Å²) in [6.07, 6.45) is 6.33. The van der Waals surface area contributed by atoms with E-state index in [9.17, 15) is 4.39 Å². The number of allylic oxidation sites excluding steroid dienone is 2. The number of alkyl halides is 1. The molecule has 1 aromatic carbocycles. The minimum Gasteiger partial charge on any atom is -0.207 e. The zero-order valence-electron chi connectivity index (χ0n) is 8.85. The van der Waals surface area contributed by atoms with E-state index in [1.54, 1.807) is 0 Å². The summed E-state index contributed by atoms with van der Waals surface area (Å²) in [5.74, 6) is -0.205. The summed E-state index contributed by atoms with van der Waals surface area (Å²) in [6.45, 7) is 0. The first kappa shape index (κ1) is 12.1. The summed E-state index contributed by atoms with van der Waals surface area (Å²) in [6, 6.07) is 4.84. The number of hydrogen-bond donors (Lipinski definition) is 0. The number of halogens is 3. The zero-order chi connectivity index (χ0) is 11.5. The molecule has 1 aliphatic rings. The van der Waals surface area contributed by atoms with E-state index in [0.29, 0.717) is 0 Å². The van der Waals surface area contributed by atoms with E-state index in [2.05, 4.69) is 22.0 Å². The lowest BCUT2D eigenvalue weighted by Crippen LogP contribution is -2.05. The molecule has 0 nitrogen and oxygen atoms in total. The van der Waals surface area contributed by atoms with Crippen molar-refractivity contribution in [1.82, 2.24) is 0 Å². The summed E-state index contributed by atoms with van der Waals surface area (Å²) in [5, 5.41) is 0.169. The van der Waals surface area contributed by atoms with Gasteiger partial charge in [0.2, 0.25) is 0 Å². The lowest BCUT2D eigenvalue weighted by Gasteiger charge is -2.17. The van der Waals surface area contributed by atoms with Gasteiger partial charge >= 0.3 is 0 Å². The van der Waals surface area contributed by atoms with Gasteiger partial charge in [0.1, 0.15) is 5.82 Å². The number of benzene rings is 1. The van der Waals surface area contributed by atoms with Crippen LogP contribution in [0.25, 0.3) is 0 Å². The standard InChI is InChI=1S/C13H13BrClF/c14-13-8-12(16)5-4-10(13)6-9-2-1-3-11(15)7-9/h4-5,7-8,11H,1-3,6H2. The first-order chi connectivity index (χ1) is 7.65. The first-order valence-electron chi connectivity index (χ1n) is 5.43. The van der Waals surface area contributed by atoms with E-state index in [-0.39, 0.29) is 11.2 Å². The molecule has 0 radical (unpaired) electrons. The van der Waals surface area contributed by atoms with E-state index in [1.165, 1.54) is 17.7 Å². The monoisotopic (exact) mass is 302 g/mol. The van der Waals surface area contributed by atoms with Gasteiger partial charge in [-0.05, 0) is 43.4 Å². The van der Waals surface area contributed by atoms with Crippen LogP contribution in [0.1, 0.15) is 24.8 Å². The van der Waals surface area contributed by atoms with Gasteiger partial charge in [0, 0.05) is 4.47 Å². The van der Waals surface area contributed by atoms with Gasteiger partial charge in [-0.25, -0.2) is 4.39 Å². The van der Waals surface area contributed by atoms with Crippen molar-refractivity contribution in [1.29, 1.82) is 0 Å². The van der Waals surface area contributed by atoms with Crippen LogP contribution in [0, 0.1) is 5.82 Å². The van der Waals surface area contributed by atoms with Gasteiger partial charge in [-0.15, -0.1) is 11.6 Å². The fraction of sp³-hybridized carbons (Fsp3) is 0.385. The molecule has 0 spiro atoms. The third-order valence-corrected chi connectivity index (χ3v) is 3.91. The first-order valence-corrected chi connectivity index (χ1v) is 6.65. The molecule has 0 fully saturated rings. The lowest BCUT2D eigenvalue weighted by molar-refractivity contribution is 0.625. The van der Waals surface area contributed by atoms with Crippen LogP contribution in [0.15, 0.2) is 34.3 Å². The van der Waals surface area contributed by atoms with Crippen LogP contribution in [-0.4, -0.2) is 5.38 Å².